The van der Waals surface area contributed by atoms with Crippen LogP contribution in [0.1, 0.15) is 24.1 Å². The average molecular weight is 242 g/mol. The molecule has 0 saturated carbocycles. The molecule has 2 aromatic rings. The van der Waals surface area contributed by atoms with Crippen molar-refractivity contribution >= 4 is 0 Å². The summed E-state index contributed by atoms with van der Waals surface area (Å²) in [5, 5.41) is 0. The monoisotopic (exact) mass is 242 g/mol. The minimum atomic E-state index is 0.451. The van der Waals surface area contributed by atoms with Crippen LogP contribution in [-0.2, 0) is 6.42 Å². The van der Waals surface area contributed by atoms with Crippen molar-refractivity contribution in [1.29, 1.82) is 0 Å². The molecule has 0 bridgehead atoms. The Hall–Kier alpha value is -1.87. The summed E-state index contributed by atoms with van der Waals surface area (Å²) in [6, 6.07) is 12.1. The molecule has 2 heterocycles. The lowest BCUT2D eigenvalue weighted by Gasteiger charge is -2.10. The first-order valence-electron chi connectivity index (χ1n) is 6.13. The highest BCUT2D eigenvalue weighted by Gasteiger charge is 2.20. The van der Waals surface area contributed by atoms with E-state index in [1.807, 2.05) is 30.5 Å². The lowest BCUT2D eigenvalue weighted by molar-refractivity contribution is 0.476. The van der Waals surface area contributed by atoms with Gasteiger partial charge >= 0.3 is 0 Å². The number of pyridine rings is 1. The van der Waals surface area contributed by atoms with Crippen molar-refractivity contribution in [2.24, 2.45) is 5.73 Å². The fourth-order valence-electron chi connectivity index (χ4n) is 2.17. The summed E-state index contributed by atoms with van der Waals surface area (Å²) in [5.74, 6) is 2.30. The summed E-state index contributed by atoms with van der Waals surface area (Å²) in [6.45, 7) is 2.21. The first kappa shape index (κ1) is 12.6. The smallest absolute Gasteiger partial charge is 0.148 e. The fourth-order valence-corrected chi connectivity index (χ4v) is 2.17. The van der Waals surface area contributed by atoms with Crippen LogP contribution in [0.5, 0.6) is 11.5 Å². The van der Waals surface area contributed by atoms with Crippen molar-refractivity contribution in [2.45, 2.75) is 19.3 Å². The number of benzene rings is 1. The molecule has 1 aliphatic heterocycles. The van der Waals surface area contributed by atoms with Gasteiger partial charge in [-0.15, -0.1) is 0 Å². The summed E-state index contributed by atoms with van der Waals surface area (Å²) in [7, 11) is 1.50. The molecule has 18 heavy (non-hydrogen) atoms. The molecule has 1 atom stereocenters. The Labute approximate surface area is 108 Å². The van der Waals surface area contributed by atoms with Gasteiger partial charge in [0.2, 0.25) is 0 Å². The van der Waals surface area contributed by atoms with Crippen LogP contribution in [0.25, 0.3) is 0 Å². The predicted octanol–water partition coefficient (Wildman–Crippen LogP) is 3.11. The van der Waals surface area contributed by atoms with Gasteiger partial charge in [0.15, 0.2) is 0 Å². The lowest BCUT2D eigenvalue weighted by Crippen LogP contribution is -1.97. The van der Waals surface area contributed by atoms with Crippen molar-refractivity contribution in [2.75, 3.05) is 7.05 Å². The van der Waals surface area contributed by atoms with Gasteiger partial charge in [0.1, 0.15) is 11.5 Å². The van der Waals surface area contributed by atoms with E-state index >= 15 is 0 Å². The van der Waals surface area contributed by atoms with E-state index in [1.54, 1.807) is 0 Å². The highest BCUT2D eigenvalue weighted by molar-refractivity contribution is 5.44. The standard InChI is InChI=1S/C14H13NO.CH5N/c1-10-9-12-14(7-4-8-15-12)16-13-6-3-2-5-11(10)13;1-2/h2-8,10H,9H2,1H3;2H2,1H3/t10-;/m0./s1. The zero-order chi connectivity index (χ0) is 13.0. The molecule has 3 rings (SSSR count). The quantitative estimate of drug-likeness (QED) is 0.772. The Morgan fingerprint density at radius 2 is 1.83 bits per heavy atom. The lowest BCUT2D eigenvalue weighted by atomic mass is 9.96. The van der Waals surface area contributed by atoms with Crippen LogP contribution in [-0.4, -0.2) is 12.0 Å². The minimum Gasteiger partial charge on any atom is -0.455 e. The predicted molar refractivity (Wildman–Crippen MR) is 73.0 cm³/mol. The number of rotatable bonds is 0. The fraction of sp³-hybridized carbons (Fsp3) is 0.267. The molecular formula is C15H18N2O. The first-order valence-corrected chi connectivity index (χ1v) is 6.13. The SMILES string of the molecule is CN.C[C@H]1Cc2ncccc2Oc2ccccc21. The molecule has 1 aliphatic rings. The third-order valence-corrected chi connectivity index (χ3v) is 3.02. The zero-order valence-corrected chi connectivity index (χ0v) is 10.8. The number of nitrogens with two attached hydrogens (primary N) is 1. The topological polar surface area (TPSA) is 48.1 Å². The van der Waals surface area contributed by atoms with E-state index in [0.717, 1.165) is 23.6 Å². The van der Waals surface area contributed by atoms with E-state index in [4.69, 9.17) is 4.74 Å². The van der Waals surface area contributed by atoms with Gasteiger partial charge in [-0.3, -0.25) is 4.98 Å². The van der Waals surface area contributed by atoms with Crippen molar-refractivity contribution in [3.8, 4) is 11.5 Å². The summed E-state index contributed by atoms with van der Waals surface area (Å²) in [4.78, 5) is 4.39. The zero-order valence-electron chi connectivity index (χ0n) is 10.8. The van der Waals surface area contributed by atoms with E-state index in [1.165, 1.54) is 12.6 Å². The second-order valence-corrected chi connectivity index (χ2v) is 4.19. The number of aromatic nitrogens is 1. The van der Waals surface area contributed by atoms with E-state index in [0.29, 0.717) is 5.92 Å². The largest absolute Gasteiger partial charge is 0.455 e. The molecule has 3 heteroatoms. The molecule has 94 valence electrons. The van der Waals surface area contributed by atoms with Crippen molar-refractivity contribution in [3.63, 3.8) is 0 Å². The molecule has 3 nitrogen and oxygen atoms in total. The molecule has 0 unspecified atom stereocenters. The van der Waals surface area contributed by atoms with E-state index in [-0.39, 0.29) is 0 Å². The summed E-state index contributed by atoms with van der Waals surface area (Å²) in [6.07, 6.45) is 2.76. The van der Waals surface area contributed by atoms with Crippen molar-refractivity contribution < 1.29 is 4.74 Å². The van der Waals surface area contributed by atoms with Crippen LogP contribution in [0.15, 0.2) is 42.6 Å². The molecule has 0 aliphatic carbocycles. The molecule has 0 fully saturated rings. The van der Waals surface area contributed by atoms with Gasteiger partial charge in [-0.05, 0) is 36.7 Å². The van der Waals surface area contributed by atoms with Gasteiger partial charge in [-0.25, -0.2) is 0 Å². The maximum absolute atomic E-state index is 5.91. The van der Waals surface area contributed by atoms with Crippen molar-refractivity contribution in [1.82, 2.24) is 4.98 Å². The van der Waals surface area contributed by atoms with Crippen LogP contribution in [0.4, 0.5) is 0 Å². The number of ether oxygens (including phenoxy) is 1. The third kappa shape index (κ3) is 2.36. The maximum atomic E-state index is 5.91. The third-order valence-electron chi connectivity index (χ3n) is 3.02. The molecule has 0 saturated heterocycles. The van der Waals surface area contributed by atoms with Crippen LogP contribution in [0.2, 0.25) is 0 Å². The molecule has 0 spiro atoms. The highest BCUT2D eigenvalue weighted by Crippen LogP contribution is 2.37. The normalized spacial score (nSPS) is 16.3. The van der Waals surface area contributed by atoms with Crippen LogP contribution in [0.3, 0.4) is 0 Å². The van der Waals surface area contributed by atoms with Gasteiger partial charge < -0.3 is 10.5 Å². The Kier molecular flexibility index (Phi) is 3.95. The number of para-hydroxylation sites is 1. The van der Waals surface area contributed by atoms with Gasteiger partial charge in [0.05, 0.1) is 5.69 Å². The molecule has 0 radical (unpaired) electrons. The highest BCUT2D eigenvalue weighted by atomic mass is 16.5. The molecular weight excluding hydrogens is 224 g/mol. The summed E-state index contributed by atoms with van der Waals surface area (Å²) < 4.78 is 5.91. The Morgan fingerprint density at radius 1 is 1.11 bits per heavy atom. The van der Waals surface area contributed by atoms with Gasteiger partial charge in [0.25, 0.3) is 0 Å². The van der Waals surface area contributed by atoms with Gasteiger partial charge in [-0.1, -0.05) is 25.1 Å². The molecule has 1 aromatic carbocycles. The number of hydrogen-bond donors (Lipinski definition) is 1. The van der Waals surface area contributed by atoms with Crippen molar-refractivity contribution in [3.05, 3.63) is 53.9 Å². The molecule has 0 amide bonds. The second kappa shape index (κ2) is 5.65. The van der Waals surface area contributed by atoms with Crippen LogP contribution < -0.4 is 10.5 Å². The van der Waals surface area contributed by atoms with E-state index < -0.39 is 0 Å². The van der Waals surface area contributed by atoms with E-state index in [2.05, 4.69) is 29.8 Å². The number of hydrogen-bond acceptors (Lipinski definition) is 3. The van der Waals surface area contributed by atoms with Gasteiger partial charge in [-0.2, -0.15) is 0 Å². The molecule has 2 N–H and O–H groups in total. The molecule has 1 aromatic heterocycles. The number of fused-ring (bicyclic) bond motifs is 2. The Morgan fingerprint density at radius 3 is 2.67 bits per heavy atom. The van der Waals surface area contributed by atoms with Crippen LogP contribution in [0, 0.1) is 0 Å². The first-order chi connectivity index (χ1) is 8.84. The Bertz CT molecular complexity index is 525. The summed E-state index contributed by atoms with van der Waals surface area (Å²) in [5.41, 5.74) is 6.81. The number of nitrogens with zero attached hydrogens (tertiary/aromatic N) is 1. The van der Waals surface area contributed by atoms with E-state index in [9.17, 15) is 0 Å². The minimum absolute atomic E-state index is 0.451. The summed E-state index contributed by atoms with van der Waals surface area (Å²) >= 11 is 0. The van der Waals surface area contributed by atoms with Crippen LogP contribution >= 0.6 is 0 Å². The van der Waals surface area contributed by atoms with Gasteiger partial charge in [0, 0.05) is 12.6 Å². The average Bonchev–Trinajstić information content (AvgIpc) is 2.57. The Balaban J connectivity index is 0.000000574. The maximum Gasteiger partial charge on any atom is 0.148 e. The second-order valence-electron chi connectivity index (χ2n) is 4.19.